The largest absolute Gasteiger partial charge is 0.197 e. The molecule has 0 bridgehead atoms. The van der Waals surface area contributed by atoms with Crippen LogP contribution in [0.15, 0.2) is 0 Å². The van der Waals surface area contributed by atoms with Gasteiger partial charge in [-0.3, -0.25) is 0 Å². The molecule has 1 saturated carbocycles. The summed E-state index contributed by atoms with van der Waals surface area (Å²) in [5.41, 5.74) is 0. The van der Waals surface area contributed by atoms with Gasteiger partial charge in [0.2, 0.25) is 0 Å². The monoisotopic (exact) mass is 187 g/mol. The van der Waals surface area contributed by atoms with Crippen molar-refractivity contribution in [1.29, 1.82) is 5.26 Å². The Bertz CT molecular complexity index is 130. The van der Waals surface area contributed by atoms with Crippen LogP contribution in [0.5, 0.6) is 0 Å². The van der Waals surface area contributed by atoms with Crippen LogP contribution >= 0.6 is 15.9 Å². The molecule has 1 aliphatic rings. The van der Waals surface area contributed by atoms with Crippen LogP contribution in [0, 0.1) is 11.3 Å². The molecule has 0 aromatic rings. The van der Waals surface area contributed by atoms with E-state index in [1.807, 2.05) is 0 Å². The maximum absolute atomic E-state index is 8.65. The fourth-order valence-electron chi connectivity index (χ4n) is 1.22. The number of hydrogen-bond acceptors (Lipinski definition) is 1. The quantitative estimate of drug-likeness (QED) is 0.536. The van der Waals surface area contributed by atoms with Gasteiger partial charge in [0.05, 0.1) is 6.07 Å². The van der Waals surface area contributed by atoms with E-state index in [4.69, 9.17) is 5.26 Å². The highest BCUT2D eigenvalue weighted by molar-refractivity contribution is 9.10. The van der Waals surface area contributed by atoms with Gasteiger partial charge in [0, 0.05) is 0 Å². The van der Waals surface area contributed by atoms with Crippen molar-refractivity contribution in [2.75, 3.05) is 0 Å². The van der Waals surface area contributed by atoms with Crippen molar-refractivity contribution in [1.82, 2.24) is 0 Å². The Kier molecular flexibility index (Phi) is 2.13. The number of halogens is 1. The standard InChI is InChI=1S/C7H10BrN/c8-7(6-9)4-2-1-3-5-7/h1-5H2. The molecule has 0 N–H and O–H groups in total. The second kappa shape index (κ2) is 2.70. The molecule has 0 spiro atoms. The Morgan fingerprint density at radius 2 is 1.78 bits per heavy atom. The zero-order valence-corrected chi connectivity index (χ0v) is 6.95. The summed E-state index contributed by atoms with van der Waals surface area (Å²) in [6.45, 7) is 0. The van der Waals surface area contributed by atoms with Gasteiger partial charge in [0.25, 0.3) is 0 Å². The number of rotatable bonds is 0. The average molecular weight is 188 g/mol. The smallest absolute Gasteiger partial charge is 0.112 e. The molecule has 0 aromatic carbocycles. The van der Waals surface area contributed by atoms with Crippen molar-refractivity contribution in [3.05, 3.63) is 0 Å². The van der Waals surface area contributed by atoms with Crippen molar-refractivity contribution in [2.24, 2.45) is 0 Å². The van der Waals surface area contributed by atoms with Crippen LogP contribution in [0.4, 0.5) is 0 Å². The van der Waals surface area contributed by atoms with Gasteiger partial charge in [-0.2, -0.15) is 5.26 Å². The van der Waals surface area contributed by atoms with Gasteiger partial charge in [0.1, 0.15) is 4.32 Å². The molecule has 1 rings (SSSR count). The van der Waals surface area contributed by atoms with E-state index in [0.717, 1.165) is 12.8 Å². The third kappa shape index (κ3) is 1.69. The summed E-state index contributed by atoms with van der Waals surface area (Å²) < 4.78 is -0.161. The summed E-state index contributed by atoms with van der Waals surface area (Å²) >= 11 is 3.43. The van der Waals surface area contributed by atoms with Crippen LogP contribution in [-0.4, -0.2) is 4.32 Å². The molecule has 1 nitrogen and oxygen atoms in total. The third-order valence-electron chi connectivity index (χ3n) is 1.85. The van der Waals surface area contributed by atoms with Crippen molar-refractivity contribution < 1.29 is 0 Å². The first-order valence-corrected chi connectivity index (χ1v) is 4.16. The normalized spacial score (nSPS) is 24.9. The molecule has 0 aliphatic heterocycles. The predicted octanol–water partition coefficient (Wildman–Crippen LogP) is 2.61. The highest BCUT2D eigenvalue weighted by atomic mass is 79.9. The molecular weight excluding hydrogens is 178 g/mol. The highest BCUT2D eigenvalue weighted by Gasteiger charge is 2.27. The lowest BCUT2D eigenvalue weighted by Crippen LogP contribution is -2.21. The SMILES string of the molecule is N#CC1(Br)CCCCC1. The maximum Gasteiger partial charge on any atom is 0.112 e. The Morgan fingerprint density at radius 3 is 2.11 bits per heavy atom. The zero-order valence-electron chi connectivity index (χ0n) is 5.36. The fourth-order valence-corrected chi connectivity index (χ4v) is 1.78. The number of alkyl halides is 1. The molecule has 0 aromatic heterocycles. The second-order valence-electron chi connectivity index (χ2n) is 2.64. The summed E-state index contributed by atoms with van der Waals surface area (Å²) in [6.07, 6.45) is 5.78. The molecular formula is C7H10BrN. The molecule has 0 atom stereocenters. The van der Waals surface area contributed by atoms with Crippen molar-refractivity contribution >= 4 is 15.9 Å². The predicted molar refractivity (Wildman–Crippen MR) is 40.4 cm³/mol. The van der Waals surface area contributed by atoms with E-state index in [9.17, 15) is 0 Å². The number of nitriles is 1. The van der Waals surface area contributed by atoms with E-state index in [2.05, 4.69) is 22.0 Å². The van der Waals surface area contributed by atoms with Gasteiger partial charge in [0.15, 0.2) is 0 Å². The minimum Gasteiger partial charge on any atom is -0.197 e. The van der Waals surface area contributed by atoms with Gasteiger partial charge < -0.3 is 0 Å². The lowest BCUT2D eigenvalue weighted by atomic mass is 9.90. The molecule has 0 radical (unpaired) electrons. The number of nitrogens with zero attached hydrogens (tertiary/aromatic N) is 1. The van der Waals surface area contributed by atoms with Crippen LogP contribution in [0.3, 0.4) is 0 Å². The molecule has 1 fully saturated rings. The van der Waals surface area contributed by atoms with Crippen LogP contribution < -0.4 is 0 Å². The van der Waals surface area contributed by atoms with Gasteiger partial charge in [-0.05, 0) is 12.8 Å². The van der Waals surface area contributed by atoms with Crippen molar-refractivity contribution in [3.63, 3.8) is 0 Å². The summed E-state index contributed by atoms with van der Waals surface area (Å²) in [5.74, 6) is 0. The topological polar surface area (TPSA) is 23.8 Å². The summed E-state index contributed by atoms with van der Waals surface area (Å²) in [6, 6.07) is 2.30. The Labute approximate surface area is 64.2 Å². The number of hydrogen-bond donors (Lipinski definition) is 0. The molecule has 0 saturated heterocycles. The van der Waals surface area contributed by atoms with Crippen LogP contribution in [0.2, 0.25) is 0 Å². The minimum absolute atomic E-state index is 0.161. The van der Waals surface area contributed by atoms with Crippen molar-refractivity contribution in [3.8, 4) is 6.07 Å². The molecule has 1 aliphatic carbocycles. The second-order valence-corrected chi connectivity index (χ2v) is 4.16. The first kappa shape index (κ1) is 7.08. The molecule has 0 heterocycles. The average Bonchev–Trinajstić information content (AvgIpc) is 1.90. The van der Waals surface area contributed by atoms with Crippen LogP contribution in [0.25, 0.3) is 0 Å². The van der Waals surface area contributed by atoms with E-state index < -0.39 is 0 Å². The van der Waals surface area contributed by atoms with E-state index >= 15 is 0 Å². The van der Waals surface area contributed by atoms with Crippen molar-refractivity contribution in [2.45, 2.75) is 36.4 Å². The zero-order chi connectivity index (χ0) is 6.74. The lowest BCUT2D eigenvalue weighted by Gasteiger charge is -2.23. The molecule has 0 unspecified atom stereocenters. The first-order valence-electron chi connectivity index (χ1n) is 3.37. The maximum atomic E-state index is 8.65. The summed E-state index contributed by atoms with van der Waals surface area (Å²) in [5, 5.41) is 8.65. The third-order valence-corrected chi connectivity index (χ3v) is 2.82. The lowest BCUT2D eigenvalue weighted by molar-refractivity contribution is 0.466. The molecule has 0 amide bonds. The van der Waals surface area contributed by atoms with E-state index in [0.29, 0.717) is 0 Å². The highest BCUT2D eigenvalue weighted by Crippen LogP contribution is 2.34. The van der Waals surface area contributed by atoms with E-state index in [1.165, 1.54) is 19.3 Å². The first-order chi connectivity index (χ1) is 4.27. The Balaban J connectivity index is 2.49. The van der Waals surface area contributed by atoms with Crippen LogP contribution in [-0.2, 0) is 0 Å². The van der Waals surface area contributed by atoms with Gasteiger partial charge in [-0.15, -0.1) is 0 Å². The fraction of sp³-hybridized carbons (Fsp3) is 0.857. The Morgan fingerprint density at radius 1 is 1.22 bits per heavy atom. The van der Waals surface area contributed by atoms with Gasteiger partial charge >= 0.3 is 0 Å². The molecule has 2 heteroatoms. The molecule has 9 heavy (non-hydrogen) atoms. The summed E-state index contributed by atoms with van der Waals surface area (Å²) in [4.78, 5) is 0. The minimum atomic E-state index is -0.161. The van der Waals surface area contributed by atoms with Gasteiger partial charge in [-0.1, -0.05) is 35.2 Å². The molecule has 50 valence electrons. The Hall–Kier alpha value is -0.0300. The van der Waals surface area contributed by atoms with E-state index in [1.54, 1.807) is 0 Å². The van der Waals surface area contributed by atoms with Gasteiger partial charge in [-0.25, -0.2) is 0 Å². The van der Waals surface area contributed by atoms with E-state index in [-0.39, 0.29) is 4.32 Å². The van der Waals surface area contributed by atoms with Crippen LogP contribution in [0.1, 0.15) is 32.1 Å². The summed E-state index contributed by atoms with van der Waals surface area (Å²) in [7, 11) is 0.